The van der Waals surface area contributed by atoms with Crippen LogP contribution in [0.3, 0.4) is 0 Å². The van der Waals surface area contributed by atoms with Gasteiger partial charge in [0.25, 0.3) is 0 Å². The number of methoxy groups -OCH3 is 1. The first-order valence-corrected chi connectivity index (χ1v) is 13.7. The molecule has 0 atom stereocenters. The van der Waals surface area contributed by atoms with E-state index >= 15 is 0 Å². The largest absolute Gasteiger partial charge is 0.495 e. The van der Waals surface area contributed by atoms with Gasteiger partial charge in [0.2, 0.25) is 10.0 Å². The van der Waals surface area contributed by atoms with Crippen LogP contribution in [0.2, 0.25) is 0 Å². The quantitative estimate of drug-likeness (QED) is 0.271. The predicted molar refractivity (Wildman–Crippen MR) is 146 cm³/mol. The van der Waals surface area contributed by atoms with Gasteiger partial charge in [-0.2, -0.15) is 5.10 Å². The van der Waals surface area contributed by atoms with Crippen molar-refractivity contribution in [3.8, 4) is 39.5 Å². The van der Waals surface area contributed by atoms with Crippen LogP contribution < -0.4 is 9.46 Å². The van der Waals surface area contributed by atoms with E-state index in [0.29, 0.717) is 45.1 Å². The topological polar surface area (TPSA) is 139 Å². The molecule has 12 heteroatoms. The van der Waals surface area contributed by atoms with Crippen LogP contribution in [-0.4, -0.2) is 51.9 Å². The molecular weight excluding hydrogens is 521 g/mol. The first kappa shape index (κ1) is 24.6. The number of H-pyrrole nitrogens is 2. The molecule has 4 aromatic heterocycles. The van der Waals surface area contributed by atoms with Crippen molar-refractivity contribution in [1.29, 1.82) is 0 Å². The molecule has 0 radical (unpaired) electrons. The summed E-state index contributed by atoms with van der Waals surface area (Å²) in [6.07, 6.45) is 6.07. The van der Waals surface area contributed by atoms with Gasteiger partial charge in [-0.25, -0.2) is 27.5 Å². The van der Waals surface area contributed by atoms with E-state index in [0.717, 1.165) is 28.3 Å². The molecule has 0 unspecified atom stereocenters. The van der Waals surface area contributed by atoms with Crippen LogP contribution in [-0.2, 0) is 16.6 Å². The summed E-state index contributed by atoms with van der Waals surface area (Å²) in [6, 6.07) is 14.0. The number of pyridine rings is 2. The summed E-state index contributed by atoms with van der Waals surface area (Å²) in [6.45, 7) is -0.0337. The number of nitrogens with zero attached hydrogens (tertiary/aromatic N) is 4. The maximum absolute atomic E-state index is 14.5. The van der Waals surface area contributed by atoms with Gasteiger partial charge in [0, 0.05) is 35.5 Å². The summed E-state index contributed by atoms with van der Waals surface area (Å²) in [5.74, 6) is 0.660. The number of aromatic amines is 2. The Morgan fingerprint density at radius 1 is 1.03 bits per heavy atom. The molecule has 39 heavy (non-hydrogen) atoms. The number of hydrogen-bond acceptors (Lipinski definition) is 7. The zero-order valence-corrected chi connectivity index (χ0v) is 21.7. The first-order chi connectivity index (χ1) is 18.8. The lowest BCUT2D eigenvalue weighted by molar-refractivity contribution is 0.413. The standard InChI is InChI=1S/C27H22FN7O3S/c1-38-20-10-18(13-29-14-20)16-3-4-23-22(11-16)25(35-34-23)27-32-24-21(5-6-30-26(24)33-27)17-7-15(8-19(28)9-17)12-31-39(2,36)37/h3-11,13-14,31H,12H2,1-2H3,(H,34,35)(H,30,32,33). The smallest absolute Gasteiger partial charge is 0.209 e. The van der Waals surface area contributed by atoms with E-state index in [9.17, 15) is 12.8 Å². The van der Waals surface area contributed by atoms with Crippen molar-refractivity contribution < 1.29 is 17.5 Å². The van der Waals surface area contributed by atoms with Gasteiger partial charge in [-0.15, -0.1) is 0 Å². The van der Waals surface area contributed by atoms with Crippen LogP contribution in [0.15, 0.2) is 67.1 Å². The van der Waals surface area contributed by atoms with Gasteiger partial charge in [0.1, 0.15) is 22.8 Å². The number of fused-ring (bicyclic) bond motifs is 2. The normalized spacial score (nSPS) is 11.9. The van der Waals surface area contributed by atoms with Crippen molar-refractivity contribution in [3.05, 3.63) is 78.5 Å². The average Bonchev–Trinajstić information content (AvgIpc) is 3.55. The molecule has 6 aromatic rings. The highest BCUT2D eigenvalue weighted by atomic mass is 32.2. The summed E-state index contributed by atoms with van der Waals surface area (Å²) < 4.78 is 45.2. The maximum Gasteiger partial charge on any atom is 0.209 e. The molecule has 0 bridgehead atoms. The van der Waals surface area contributed by atoms with E-state index in [-0.39, 0.29) is 6.54 Å². The molecular formula is C27H22FN7O3S. The number of rotatable bonds is 7. The molecule has 0 spiro atoms. The van der Waals surface area contributed by atoms with E-state index in [1.54, 1.807) is 37.8 Å². The second-order valence-corrected chi connectivity index (χ2v) is 10.9. The highest BCUT2D eigenvalue weighted by Gasteiger charge is 2.17. The third-order valence-corrected chi connectivity index (χ3v) is 6.93. The van der Waals surface area contributed by atoms with E-state index in [4.69, 9.17) is 9.72 Å². The Hall–Kier alpha value is -4.68. The Morgan fingerprint density at radius 3 is 2.72 bits per heavy atom. The maximum atomic E-state index is 14.5. The Labute approximate surface area is 222 Å². The van der Waals surface area contributed by atoms with Crippen LogP contribution in [0.25, 0.3) is 55.8 Å². The van der Waals surface area contributed by atoms with E-state index in [2.05, 4.69) is 29.9 Å². The Balaban J connectivity index is 1.42. The summed E-state index contributed by atoms with van der Waals surface area (Å²) >= 11 is 0. The monoisotopic (exact) mass is 543 g/mol. The second-order valence-electron chi connectivity index (χ2n) is 9.03. The molecule has 0 aliphatic carbocycles. The molecule has 0 aliphatic heterocycles. The van der Waals surface area contributed by atoms with Crippen molar-refractivity contribution >= 4 is 32.1 Å². The van der Waals surface area contributed by atoms with Crippen molar-refractivity contribution in [2.75, 3.05) is 13.4 Å². The molecule has 0 amide bonds. The number of imidazole rings is 1. The first-order valence-electron chi connectivity index (χ1n) is 11.8. The fourth-order valence-corrected chi connectivity index (χ4v) is 4.87. The molecule has 10 nitrogen and oxygen atoms in total. The van der Waals surface area contributed by atoms with Crippen LogP contribution in [0.4, 0.5) is 4.39 Å². The summed E-state index contributed by atoms with van der Waals surface area (Å²) in [5.41, 5.74) is 5.96. The van der Waals surface area contributed by atoms with Crippen LogP contribution >= 0.6 is 0 Å². The van der Waals surface area contributed by atoms with Crippen LogP contribution in [0, 0.1) is 5.82 Å². The summed E-state index contributed by atoms with van der Waals surface area (Å²) in [7, 11) is -1.83. The van der Waals surface area contributed by atoms with E-state index < -0.39 is 15.8 Å². The van der Waals surface area contributed by atoms with E-state index in [1.165, 1.54) is 12.1 Å². The molecule has 196 valence electrons. The van der Waals surface area contributed by atoms with Gasteiger partial charge < -0.3 is 9.72 Å². The average molecular weight is 544 g/mol. The molecule has 0 fully saturated rings. The minimum Gasteiger partial charge on any atom is -0.495 e. The van der Waals surface area contributed by atoms with E-state index in [1.807, 2.05) is 24.3 Å². The number of sulfonamides is 1. The van der Waals surface area contributed by atoms with Gasteiger partial charge in [-0.05, 0) is 59.2 Å². The predicted octanol–water partition coefficient (Wildman–Crippen LogP) is 4.43. The lowest BCUT2D eigenvalue weighted by atomic mass is 10.0. The Bertz CT molecular complexity index is 1970. The Kier molecular flexibility index (Phi) is 6.04. The molecule has 4 heterocycles. The SMILES string of the molecule is COc1cncc(-c2ccc3[nH]nc(-c4nc5c(-c6cc(F)cc(CNS(C)(=O)=O)c6)ccnc5[nH]4)c3c2)c1. The highest BCUT2D eigenvalue weighted by molar-refractivity contribution is 7.88. The highest BCUT2D eigenvalue weighted by Crippen LogP contribution is 2.33. The molecule has 2 aromatic carbocycles. The number of ether oxygens (including phenoxy) is 1. The van der Waals surface area contributed by atoms with Gasteiger partial charge in [0.05, 0.1) is 25.1 Å². The molecule has 0 saturated heterocycles. The zero-order chi connectivity index (χ0) is 27.1. The van der Waals surface area contributed by atoms with Crippen molar-refractivity contribution in [3.63, 3.8) is 0 Å². The fourth-order valence-electron chi connectivity index (χ4n) is 4.44. The second kappa shape index (κ2) is 9.57. The van der Waals surface area contributed by atoms with Crippen LogP contribution in [0.5, 0.6) is 5.75 Å². The van der Waals surface area contributed by atoms with Gasteiger partial charge in [-0.3, -0.25) is 10.1 Å². The van der Waals surface area contributed by atoms with Gasteiger partial charge in [-0.1, -0.05) is 6.07 Å². The lowest BCUT2D eigenvalue weighted by Gasteiger charge is -2.07. The third-order valence-electron chi connectivity index (χ3n) is 6.26. The minimum atomic E-state index is -3.43. The number of nitrogens with one attached hydrogen (secondary N) is 3. The van der Waals surface area contributed by atoms with Crippen molar-refractivity contribution in [1.82, 2.24) is 34.9 Å². The minimum absolute atomic E-state index is 0.0337. The lowest BCUT2D eigenvalue weighted by Crippen LogP contribution is -2.21. The third kappa shape index (κ3) is 4.94. The van der Waals surface area contributed by atoms with Gasteiger partial charge in [0.15, 0.2) is 11.5 Å². The van der Waals surface area contributed by atoms with Crippen molar-refractivity contribution in [2.24, 2.45) is 0 Å². The van der Waals surface area contributed by atoms with Gasteiger partial charge >= 0.3 is 0 Å². The molecule has 6 rings (SSSR count). The number of benzene rings is 2. The van der Waals surface area contributed by atoms with Crippen molar-refractivity contribution in [2.45, 2.75) is 6.54 Å². The summed E-state index contributed by atoms with van der Waals surface area (Å²) in [4.78, 5) is 16.7. The number of aromatic nitrogens is 6. The zero-order valence-electron chi connectivity index (χ0n) is 20.9. The summed E-state index contributed by atoms with van der Waals surface area (Å²) in [5, 5.41) is 8.38. The van der Waals surface area contributed by atoms with Crippen LogP contribution in [0.1, 0.15) is 5.56 Å². The molecule has 0 aliphatic rings. The molecule has 3 N–H and O–H groups in total. The number of hydrogen-bond donors (Lipinski definition) is 3. The fraction of sp³-hybridized carbons (Fsp3) is 0.111. The molecule has 0 saturated carbocycles. The number of halogens is 1. The Morgan fingerprint density at radius 2 is 1.90 bits per heavy atom.